The van der Waals surface area contributed by atoms with Crippen LogP contribution in [0.2, 0.25) is 0 Å². The van der Waals surface area contributed by atoms with E-state index in [1.165, 1.54) is 20.0 Å². The Morgan fingerprint density at radius 2 is 2.22 bits per heavy atom. The molecule has 3 N–H and O–H groups in total. The van der Waals surface area contributed by atoms with Crippen LogP contribution in [-0.2, 0) is 4.74 Å². The maximum atomic E-state index is 11.3. The molecule has 18 heavy (non-hydrogen) atoms. The molecule has 1 aromatic rings. The quantitative estimate of drug-likeness (QED) is 0.601. The summed E-state index contributed by atoms with van der Waals surface area (Å²) >= 11 is 0. The molecule has 1 aromatic carbocycles. The lowest BCUT2D eigenvalue weighted by molar-refractivity contribution is 0.0601. The Kier molecular flexibility index (Phi) is 5.49. The predicted octanol–water partition coefficient (Wildman–Crippen LogP) is 3.05. The van der Waals surface area contributed by atoms with Crippen LogP contribution in [0.1, 0.15) is 43.5 Å². The summed E-state index contributed by atoms with van der Waals surface area (Å²) in [6, 6.07) is 5.55. The number of esters is 1. The van der Waals surface area contributed by atoms with E-state index in [2.05, 4.69) is 23.9 Å². The molecule has 0 radical (unpaired) electrons. The lowest BCUT2D eigenvalue weighted by Gasteiger charge is -2.16. The van der Waals surface area contributed by atoms with Gasteiger partial charge in [0.25, 0.3) is 0 Å². The van der Waals surface area contributed by atoms with Gasteiger partial charge in [0.05, 0.1) is 24.0 Å². The van der Waals surface area contributed by atoms with Crippen molar-refractivity contribution >= 4 is 17.3 Å². The molecule has 0 aliphatic rings. The van der Waals surface area contributed by atoms with E-state index in [-0.39, 0.29) is 5.97 Å². The van der Waals surface area contributed by atoms with Gasteiger partial charge in [-0.3, -0.25) is 0 Å². The first-order valence-electron chi connectivity index (χ1n) is 6.32. The number of rotatable bonds is 6. The maximum absolute atomic E-state index is 11.3. The van der Waals surface area contributed by atoms with Crippen LogP contribution in [0.15, 0.2) is 18.2 Å². The molecule has 0 heterocycles. The van der Waals surface area contributed by atoms with Gasteiger partial charge in [-0.1, -0.05) is 19.8 Å². The monoisotopic (exact) mass is 250 g/mol. The fourth-order valence-corrected chi connectivity index (χ4v) is 1.79. The Morgan fingerprint density at radius 3 is 2.78 bits per heavy atom. The molecule has 0 fully saturated rings. The summed E-state index contributed by atoms with van der Waals surface area (Å²) in [6.45, 7) is 4.30. The summed E-state index contributed by atoms with van der Waals surface area (Å²) < 4.78 is 4.65. The number of methoxy groups -OCH3 is 1. The van der Waals surface area contributed by atoms with Crippen molar-refractivity contribution in [2.75, 3.05) is 18.2 Å². The second-order valence-corrected chi connectivity index (χ2v) is 4.48. The van der Waals surface area contributed by atoms with Crippen LogP contribution in [0.5, 0.6) is 0 Å². The first-order valence-corrected chi connectivity index (χ1v) is 6.32. The molecule has 0 amide bonds. The molecular formula is C14H22N2O2. The minimum atomic E-state index is -0.368. The van der Waals surface area contributed by atoms with E-state index >= 15 is 0 Å². The Hall–Kier alpha value is -1.71. The Bertz CT molecular complexity index is 405. The third-order valence-corrected chi connectivity index (χ3v) is 2.87. The van der Waals surface area contributed by atoms with Gasteiger partial charge in [-0.05, 0) is 31.5 Å². The first-order chi connectivity index (χ1) is 8.58. The average molecular weight is 250 g/mol. The number of nitrogens with two attached hydrogens (primary N) is 1. The molecule has 0 bridgehead atoms. The minimum Gasteiger partial charge on any atom is -0.465 e. The fourth-order valence-electron chi connectivity index (χ4n) is 1.79. The second kappa shape index (κ2) is 6.89. The lowest BCUT2D eigenvalue weighted by Crippen LogP contribution is -2.16. The minimum absolute atomic E-state index is 0.368. The van der Waals surface area contributed by atoms with Crippen LogP contribution in [-0.4, -0.2) is 19.1 Å². The van der Waals surface area contributed by atoms with Crippen molar-refractivity contribution in [3.63, 3.8) is 0 Å². The topological polar surface area (TPSA) is 64.3 Å². The molecule has 1 rings (SSSR count). The van der Waals surface area contributed by atoms with Crippen molar-refractivity contribution in [2.45, 2.75) is 39.2 Å². The predicted molar refractivity (Wildman–Crippen MR) is 74.8 cm³/mol. The number of carbonyl (C=O) groups excluding carboxylic acids is 1. The normalized spacial score (nSPS) is 11.9. The summed E-state index contributed by atoms with van der Waals surface area (Å²) in [4.78, 5) is 11.3. The summed E-state index contributed by atoms with van der Waals surface area (Å²) in [6.07, 6.45) is 3.48. The molecule has 0 saturated heterocycles. The van der Waals surface area contributed by atoms with Crippen molar-refractivity contribution in [1.82, 2.24) is 0 Å². The third kappa shape index (κ3) is 3.95. The van der Waals surface area contributed by atoms with Gasteiger partial charge in [-0.25, -0.2) is 4.79 Å². The van der Waals surface area contributed by atoms with E-state index in [4.69, 9.17) is 5.73 Å². The Morgan fingerprint density at radius 1 is 1.50 bits per heavy atom. The molecule has 0 aliphatic carbocycles. The van der Waals surface area contributed by atoms with Crippen LogP contribution in [0.25, 0.3) is 0 Å². The van der Waals surface area contributed by atoms with E-state index < -0.39 is 0 Å². The number of ether oxygens (including phenoxy) is 1. The van der Waals surface area contributed by atoms with Gasteiger partial charge in [-0.15, -0.1) is 0 Å². The van der Waals surface area contributed by atoms with Crippen LogP contribution in [0.4, 0.5) is 11.4 Å². The van der Waals surface area contributed by atoms with Gasteiger partial charge in [-0.2, -0.15) is 0 Å². The number of nitrogen functional groups attached to an aromatic ring is 1. The molecule has 1 atom stereocenters. The average Bonchev–Trinajstić information content (AvgIpc) is 2.37. The largest absolute Gasteiger partial charge is 0.465 e. The molecule has 4 heteroatoms. The zero-order valence-corrected chi connectivity index (χ0v) is 11.3. The highest BCUT2D eigenvalue weighted by atomic mass is 16.5. The van der Waals surface area contributed by atoms with Gasteiger partial charge >= 0.3 is 5.97 Å². The first kappa shape index (κ1) is 14.4. The maximum Gasteiger partial charge on any atom is 0.337 e. The van der Waals surface area contributed by atoms with Crippen molar-refractivity contribution in [3.8, 4) is 0 Å². The van der Waals surface area contributed by atoms with Crippen molar-refractivity contribution in [3.05, 3.63) is 23.8 Å². The number of hydrogen-bond acceptors (Lipinski definition) is 4. The number of nitrogens with one attached hydrogen (secondary N) is 1. The molecule has 1 unspecified atom stereocenters. The third-order valence-electron chi connectivity index (χ3n) is 2.87. The van der Waals surface area contributed by atoms with E-state index in [9.17, 15) is 4.79 Å². The van der Waals surface area contributed by atoms with Gasteiger partial charge in [0.2, 0.25) is 0 Å². The molecule has 0 saturated carbocycles. The number of unbranched alkanes of at least 4 members (excludes halogenated alkanes) is 1. The highest BCUT2D eigenvalue weighted by Crippen LogP contribution is 2.22. The van der Waals surface area contributed by atoms with Crippen molar-refractivity contribution < 1.29 is 9.53 Å². The molecule has 0 aliphatic heterocycles. The SMILES string of the molecule is CCCCC(C)Nc1ccc(C(=O)OC)cc1N. The van der Waals surface area contributed by atoms with Gasteiger partial charge in [0.1, 0.15) is 0 Å². The van der Waals surface area contributed by atoms with Crippen LogP contribution >= 0.6 is 0 Å². The van der Waals surface area contributed by atoms with Gasteiger partial charge in [0.15, 0.2) is 0 Å². The Labute approximate surface area is 109 Å². The summed E-state index contributed by atoms with van der Waals surface area (Å²) in [5, 5.41) is 3.35. The van der Waals surface area contributed by atoms with Gasteiger partial charge < -0.3 is 15.8 Å². The zero-order chi connectivity index (χ0) is 13.5. The summed E-state index contributed by atoms with van der Waals surface area (Å²) in [5.74, 6) is -0.368. The van der Waals surface area contributed by atoms with Crippen LogP contribution in [0.3, 0.4) is 0 Å². The highest BCUT2D eigenvalue weighted by molar-refractivity contribution is 5.91. The molecule has 0 aromatic heterocycles. The number of carbonyl (C=O) groups is 1. The molecular weight excluding hydrogens is 228 g/mol. The Balaban J connectivity index is 2.70. The number of hydrogen-bond donors (Lipinski definition) is 2. The summed E-state index contributed by atoms with van der Waals surface area (Å²) in [5.41, 5.74) is 7.83. The second-order valence-electron chi connectivity index (χ2n) is 4.48. The number of anilines is 2. The van der Waals surface area contributed by atoms with E-state index in [0.29, 0.717) is 17.3 Å². The van der Waals surface area contributed by atoms with Crippen LogP contribution in [0, 0.1) is 0 Å². The fraction of sp³-hybridized carbons (Fsp3) is 0.500. The highest BCUT2D eigenvalue weighted by Gasteiger charge is 2.09. The van der Waals surface area contributed by atoms with Crippen molar-refractivity contribution in [2.24, 2.45) is 0 Å². The van der Waals surface area contributed by atoms with E-state index in [1.807, 2.05) is 6.07 Å². The lowest BCUT2D eigenvalue weighted by atomic mass is 10.1. The zero-order valence-electron chi connectivity index (χ0n) is 11.3. The number of benzene rings is 1. The van der Waals surface area contributed by atoms with Crippen LogP contribution < -0.4 is 11.1 Å². The summed E-state index contributed by atoms with van der Waals surface area (Å²) in [7, 11) is 1.36. The van der Waals surface area contributed by atoms with E-state index in [0.717, 1.165) is 12.1 Å². The van der Waals surface area contributed by atoms with E-state index in [1.54, 1.807) is 12.1 Å². The molecule has 0 spiro atoms. The van der Waals surface area contributed by atoms with Crippen molar-refractivity contribution in [1.29, 1.82) is 0 Å². The standard InChI is InChI=1S/C14H22N2O2/c1-4-5-6-10(2)16-13-8-7-11(9-12(13)15)14(17)18-3/h7-10,16H,4-6,15H2,1-3H3. The molecule has 4 nitrogen and oxygen atoms in total. The molecule has 100 valence electrons. The smallest absolute Gasteiger partial charge is 0.337 e. The van der Waals surface area contributed by atoms with Gasteiger partial charge in [0, 0.05) is 6.04 Å².